The van der Waals surface area contributed by atoms with Crippen LogP contribution < -0.4 is 0 Å². The molecule has 0 fully saturated rings. The second-order valence-corrected chi connectivity index (χ2v) is 6.10. The molecule has 0 radical (unpaired) electrons. The maximum Gasteiger partial charge on any atom is 0.0675 e. The topological polar surface area (TPSA) is 8.17 Å². The van der Waals surface area contributed by atoms with Crippen LogP contribution in [0.4, 0.5) is 0 Å². The Hall–Kier alpha value is -0.990. The molecular formula is C16H19ClN2. The summed E-state index contributed by atoms with van der Waals surface area (Å²) in [5.41, 5.74) is 4.39. The molecule has 19 heavy (non-hydrogen) atoms. The first-order chi connectivity index (χ1) is 9.31. The lowest BCUT2D eigenvalue weighted by atomic mass is 9.90. The van der Waals surface area contributed by atoms with Crippen molar-refractivity contribution in [2.45, 2.75) is 38.8 Å². The molecule has 1 aromatic carbocycles. The van der Waals surface area contributed by atoms with E-state index < -0.39 is 0 Å². The van der Waals surface area contributed by atoms with Crippen LogP contribution in [0.1, 0.15) is 37.1 Å². The summed E-state index contributed by atoms with van der Waals surface area (Å²) >= 11 is 6.47. The van der Waals surface area contributed by atoms with Gasteiger partial charge in [-0.15, -0.1) is 0 Å². The number of para-hydroxylation sites is 1. The third-order valence-corrected chi connectivity index (χ3v) is 5.16. The monoisotopic (exact) mass is 274 g/mol. The Balaban J connectivity index is 2.05. The molecule has 2 heterocycles. The van der Waals surface area contributed by atoms with E-state index in [1.807, 2.05) is 6.07 Å². The number of hydrogen-bond acceptors (Lipinski definition) is 1. The summed E-state index contributed by atoms with van der Waals surface area (Å²) in [4.78, 5) is 2.63. The first kappa shape index (κ1) is 11.8. The highest BCUT2D eigenvalue weighted by molar-refractivity contribution is 6.35. The molecule has 2 nitrogen and oxygen atoms in total. The lowest BCUT2D eigenvalue weighted by Crippen LogP contribution is -2.39. The molecule has 0 saturated carbocycles. The van der Waals surface area contributed by atoms with Gasteiger partial charge in [0.2, 0.25) is 0 Å². The molecule has 0 amide bonds. The predicted molar refractivity (Wildman–Crippen MR) is 79.9 cm³/mol. The van der Waals surface area contributed by atoms with E-state index in [1.54, 1.807) is 11.3 Å². The van der Waals surface area contributed by atoms with Gasteiger partial charge in [0.15, 0.2) is 0 Å². The highest BCUT2D eigenvalue weighted by atomic mass is 35.5. The van der Waals surface area contributed by atoms with Gasteiger partial charge in [-0.05, 0) is 37.4 Å². The molecule has 4 rings (SSSR count). The zero-order chi connectivity index (χ0) is 13.0. The van der Waals surface area contributed by atoms with Gasteiger partial charge in [-0.1, -0.05) is 30.7 Å². The lowest BCUT2D eigenvalue weighted by molar-refractivity contribution is 0.149. The molecule has 100 valence electrons. The van der Waals surface area contributed by atoms with Crippen molar-refractivity contribution >= 4 is 22.5 Å². The van der Waals surface area contributed by atoms with Crippen LogP contribution in [0, 0.1) is 0 Å². The van der Waals surface area contributed by atoms with Gasteiger partial charge < -0.3 is 4.57 Å². The third kappa shape index (κ3) is 1.53. The standard InChI is InChI=1S/C16H19ClN2/c1-2-18-9-10-19-15-11(5-3-7-13(15)17)12-6-4-8-14(18)16(12)19/h3,5,7,14H,2,4,6,8-10H2,1H3/t14-/m0/s1. The van der Waals surface area contributed by atoms with Gasteiger partial charge in [-0.25, -0.2) is 0 Å². The van der Waals surface area contributed by atoms with Crippen molar-refractivity contribution < 1.29 is 0 Å². The molecule has 1 aromatic heterocycles. The van der Waals surface area contributed by atoms with Crippen LogP contribution in [0.25, 0.3) is 10.9 Å². The van der Waals surface area contributed by atoms with E-state index in [9.17, 15) is 0 Å². The first-order valence-corrected chi connectivity index (χ1v) is 7.72. The molecular weight excluding hydrogens is 256 g/mol. The van der Waals surface area contributed by atoms with Gasteiger partial charge in [0, 0.05) is 24.2 Å². The van der Waals surface area contributed by atoms with Crippen LogP contribution in [0.3, 0.4) is 0 Å². The number of hydrogen-bond donors (Lipinski definition) is 0. The average Bonchev–Trinajstić information content (AvgIpc) is 2.77. The van der Waals surface area contributed by atoms with Crippen molar-refractivity contribution in [2.24, 2.45) is 0 Å². The Morgan fingerprint density at radius 1 is 1.32 bits per heavy atom. The maximum atomic E-state index is 6.47. The summed E-state index contributed by atoms with van der Waals surface area (Å²) in [6.45, 7) is 5.67. The van der Waals surface area contributed by atoms with Gasteiger partial charge in [-0.2, -0.15) is 0 Å². The van der Waals surface area contributed by atoms with Gasteiger partial charge in [0.1, 0.15) is 0 Å². The molecule has 1 atom stereocenters. The molecule has 0 N–H and O–H groups in total. The minimum atomic E-state index is 0.617. The number of likely N-dealkylation sites (N-methyl/N-ethyl adjacent to an activating group) is 1. The number of aromatic nitrogens is 1. The van der Waals surface area contributed by atoms with E-state index in [1.165, 1.54) is 30.2 Å². The zero-order valence-corrected chi connectivity index (χ0v) is 12.1. The Morgan fingerprint density at radius 3 is 3.05 bits per heavy atom. The maximum absolute atomic E-state index is 6.47. The quantitative estimate of drug-likeness (QED) is 0.763. The molecule has 0 bridgehead atoms. The summed E-state index contributed by atoms with van der Waals surface area (Å²) in [5.74, 6) is 0. The largest absolute Gasteiger partial charge is 0.340 e. The van der Waals surface area contributed by atoms with Crippen molar-refractivity contribution in [1.82, 2.24) is 9.47 Å². The van der Waals surface area contributed by atoms with E-state index in [4.69, 9.17) is 11.6 Å². The van der Waals surface area contributed by atoms with Crippen LogP contribution >= 0.6 is 11.6 Å². The van der Waals surface area contributed by atoms with Gasteiger partial charge in [0.25, 0.3) is 0 Å². The van der Waals surface area contributed by atoms with Gasteiger partial charge >= 0.3 is 0 Å². The van der Waals surface area contributed by atoms with Crippen LogP contribution in [0.15, 0.2) is 18.2 Å². The number of fused-ring (bicyclic) bond motifs is 3. The molecule has 0 spiro atoms. The second kappa shape index (κ2) is 4.26. The van der Waals surface area contributed by atoms with E-state index in [0.717, 1.165) is 24.7 Å². The minimum absolute atomic E-state index is 0.617. The first-order valence-electron chi connectivity index (χ1n) is 7.34. The van der Waals surface area contributed by atoms with Crippen LogP contribution in [-0.4, -0.2) is 22.6 Å². The average molecular weight is 275 g/mol. The van der Waals surface area contributed by atoms with Gasteiger partial charge in [-0.3, -0.25) is 4.90 Å². The normalized spacial score (nSPS) is 22.7. The molecule has 1 aliphatic heterocycles. The van der Waals surface area contributed by atoms with Crippen molar-refractivity contribution in [3.05, 3.63) is 34.5 Å². The van der Waals surface area contributed by atoms with E-state index in [0.29, 0.717) is 6.04 Å². The number of aryl methyl sites for hydroxylation is 1. The highest BCUT2D eigenvalue weighted by Gasteiger charge is 2.34. The number of nitrogens with zero attached hydrogens (tertiary/aromatic N) is 2. The Bertz CT molecular complexity index is 644. The van der Waals surface area contributed by atoms with E-state index >= 15 is 0 Å². The summed E-state index contributed by atoms with van der Waals surface area (Å²) < 4.78 is 2.50. The predicted octanol–water partition coefficient (Wildman–Crippen LogP) is 4.01. The summed E-state index contributed by atoms with van der Waals surface area (Å²) in [6, 6.07) is 6.99. The smallest absolute Gasteiger partial charge is 0.0675 e. The van der Waals surface area contributed by atoms with Crippen molar-refractivity contribution in [2.75, 3.05) is 13.1 Å². The molecule has 2 aliphatic rings. The van der Waals surface area contributed by atoms with E-state index in [2.05, 4.69) is 28.5 Å². The fraction of sp³-hybridized carbons (Fsp3) is 0.500. The fourth-order valence-electron chi connectivity index (χ4n) is 4.06. The van der Waals surface area contributed by atoms with Crippen molar-refractivity contribution in [3.8, 4) is 0 Å². The minimum Gasteiger partial charge on any atom is -0.340 e. The number of rotatable bonds is 1. The van der Waals surface area contributed by atoms with Crippen LogP contribution in [0.2, 0.25) is 5.02 Å². The third-order valence-electron chi connectivity index (χ3n) is 4.86. The highest BCUT2D eigenvalue weighted by Crippen LogP contribution is 2.43. The Kier molecular flexibility index (Phi) is 2.64. The Morgan fingerprint density at radius 2 is 2.21 bits per heavy atom. The fourth-order valence-corrected chi connectivity index (χ4v) is 4.33. The summed E-state index contributed by atoms with van der Waals surface area (Å²) in [5, 5.41) is 2.31. The molecule has 2 aromatic rings. The van der Waals surface area contributed by atoms with Crippen LogP contribution in [0.5, 0.6) is 0 Å². The number of benzene rings is 1. The Labute approximate surface area is 119 Å². The zero-order valence-electron chi connectivity index (χ0n) is 11.3. The lowest BCUT2D eigenvalue weighted by Gasteiger charge is -2.39. The number of halogens is 1. The molecule has 0 saturated heterocycles. The molecule has 1 aliphatic carbocycles. The summed E-state index contributed by atoms with van der Waals surface area (Å²) in [7, 11) is 0. The SMILES string of the molecule is CCN1CCn2c3c(c4cccc(Cl)c42)CCC[C@@H]31. The summed E-state index contributed by atoms with van der Waals surface area (Å²) in [6.07, 6.45) is 3.82. The van der Waals surface area contributed by atoms with Gasteiger partial charge in [0.05, 0.1) is 16.6 Å². The second-order valence-electron chi connectivity index (χ2n) is 5.69. The van der Waals surface area contributed by atoms with E-state index in [-0.39, 0.29) is 0 Å². The molecule has 0 unspecified atom stereocenters. The van der Waals surface area contributed by atoms with Crippen LogP contribution in [-0.2, 0) is 13.0 Å². The van der Waals surface area contributed by atoms with Crippen molar-refractivity contribution in [3.63, 3.8) is 0 Å². The van der Waals surface area contributed by atoms with Crippen molar-refractivity contribution in [1.29, 1.82) is 0 Å². The molecule has 3 heteroatoms.